The van der Waals surface area contributed by atoms with E-state index in [1.54, 1.807) is 12.1 Å². The van der Waals surface area contributed by atoms with Gasteiger partial charge in [0.1, 0.15) is 4.90 Å². The quantitative estimate of drug-likeness (QED) is 0.865. The van der Waals surface area contributed by atoms with Crippen molar-refractivity contribution in [3.63, 3.8) is 0 Å². The van der Waals surface area contributed by atoms with Gasteiger partial charge in [0.25, 0.3) is 0 Å². The molecule has 1 saturated heterocycles. The Balaban J connectivity index is 2.03. The Kier molecular flexibility index (Phi) is 5.24. The fraction of sp³-hybridized carbons (Fsp3) is 0.600. The van der Waals surface area contributed by atoms with Crippen molar-refractivity contribution in [2.75, 3.05) is 24.5 Å². The molecule has 1 aromatic carbocycles. The predicted octanol–water partition coefficient (Wildman–Crippen LogP) is 1.55. The average Bonchev–Trinajstić information content (AvgIpc) is 2.45. The molecule has 0 spiro atoms. The summed E-state index contributed by atoms with van der Waals surface area (Å²) in [6.45, 7) is 7.07. The van der Waals surface area contributed by atoms with E-state index >= 15 is 0 Å². The van der Waals surface area contributed by atoms with Crippen LogP contribution in [0.3, 0.4) is 0 Å². The molecule has 118 valence electrons. The SMILES string of the molecule is CC(C)NCC1CCN(c2ccccc2S(N)(=O)=O)CC1. The normalized spacial score (nSPS) is 17.4. The summed E-state index contributed by atoms with van der Waals surface area (Å²) in [6, 6.07) is 7.49. The molecule has 5 nitrogen and oxygen atoms in total. The topological polar surface area (TPSA) is 75.4 Å². The summed E-state index contributed by atoms with van der Waals surface area (Å²) in [7, 11) is -3.67. The highest BCUT2D eigenvalue weighted by atomic mass is 32.2. The second kappa shape index (κ2) is 6.77. The van der Waals surface area contributed by atoms with E-state index in [0.29, 0.717) is 12.0 Å². The first-order chi connectivity index (χ1) is 9.88. The van der Waals surface area contributed by atoms with E-state index in [1.807, 2.05) is 12.1 Å². The van der Waals surface area contributed by atoms with Gasteiger partial charge in [0, 0.05) is 19.1 Å². The monoisotopic (exact) mass is 311 g/mol. The zero-order valence-electron chi connectivity index (χ0n) is 12.7. The van der Waals surface area contributed by atoms with Crippen LogP contribution in [-0.2, 0) is 10.0 Å². The van der Waals surface area contributed by atoms with Crippen LogP contribution in [0.25, 0.3) is 0 Å². The van der Waals surface area contributed by atoms with Crippen LogP contribution in [0, 0.1) is 5.92 Å². The van der Waals surface area contributed by atoms with Gasteiger partial charge in [0.2, 0.25) is 10.0 Å². The van der Waals surface area contributed by atoms with Crippen molar-refractivity contribution < 1.29 is 8.42 Å². The van der Waals surface area contributed by atoms with Crippen LogP contribution in [0.15, 0.2) is 29.2 Å². The number of para-hydroxylation sites is 1. The molecule has 1 aliphatic rings. The van der Waals surface area contributed by atoms with Crippen LogP contribution in [-0.4, -0.2) is 34.1 Å². The van der Waals surface area contributed by atoms with Crippen LogP contribution < -0.4 is 15.4 Å². The molecule has 1 aliphatic heterocycles. The third-order valence-electron chi connectivity index (χ3n) is 3.94. The maximum Gasteiger partial charge on any atom is 0.240 e. The zero-order valence-corrected chi connectivity index (χ0v) is 13.6. The number of primary sulfonamides is 1. The highest BCUT2D eigenvalue weighted by Crippen LogP contribution is 2.28. The molecule has 0 saturated carbocycles. The van der Waals surface area contributed by atoms with Crippen molar-refractivity contribution >= 4 is 15.7 Å². The minimum Gasteiger partial charge on any atom is -0.370 e. The van der Waals surface area contributed by atoms with Gasteiger partial charge in [0.15, 0.2) is 0 Å². The minimum absolute atomic E-state index is 0.226. The Morgan fingerprint density at radius 2 is 1.90 bits per heavy atom. The lowest BCUT2D eigenvalue weighted by Gasteiger charge is -2.34. The molecule has 21 heavy (non-hydrogen) atoms. The molecular weight excluding hydrogens is 286 g/mol. The number of nitrogens with zero attached hydrogens (tertiary/aromatic N) is 1. The Bertz CT molecular complexity index is 564. The number of rotatable bonds is 5. The average molecular weight is 311 g/mol. The van der Waals surface area contributed by atoms with Gasteiger partial charge in [-0.25, -0.2) is 13.6 Å². The molecule has 1 fully saturated rings. The number of benzene rings is 1. The van der Waals surface area contributed by atoms with Crippen LogP contribution in [0.2, 0.25) is 0 Å². The number of anilines is 1. The molecule has 0 unspecified atom stereocenters. The Morgan fingerprint density at radius 3 is 2.48 bits per heavy atom. The largest absolute Gasteiger partial charge is 0.370 e. The van der Waals surface area contributed by atoms with Crippen molar-refractivity contribution in [2.24, 2.45) is 11.1 Å². The molecule has 0 bridgehead atoms. The first kappa shape index (κ1) is 16.3. The van der Waals surface area contributed by atoms with Gasteiger partial charge in [0.05, 0.1) is 5.69 Å². The van der Waals surface area contributed by atoms with E-state index in [4.69, 9.17) is 5.14 Å². The van der Waals surface area contributed by atoms with Gasteiger partial charge in [-0.1, -0.05) is 26.0 Å². The van der Waals surface area contributed by atoms with E-state index in [-0.39, 0.29) is 4.90 Å². The van der Waals surface area contributed by atoms with Crippen molar-refractivity contribution in [3.05, 3.63) is 24.3 Å². The fourth-order valence-corrected chi connectivity index (χ4v) is 3.50. The summed E-state index contributed by atoms with van der Waals surface area (Å²) in [5.41, 5.74) is 0.732. The van der Waals surface area contributed by atoms with Gasteiger partial charge < -0.3 is 10.2 Å². The van der Waals surface area contributed by atoms with Crippen LogP contribution in [0.4, 0.5) is 5.69 Å². The van der Waals surface area contributed by atoms with Crippen LogP contribution >= 0.6 is 0 Å². The summed E-state index contributed by atoms with van der Waals surface area (Å²) < 4.78 is 23.4. The number of nitrogens with two attached hydrogens (primary N) is 1. The van der Waals surface area contributed by atoms with Gasteiger partial charge in [-0.15, -0.1) is 0 Å². The molecule has 0 aliphatic carbocycles. The maximum absolute atomic E-state index is 11.7. The van der Waals surface area contributed by atoms with Gasteiger partial charge in [-0.05, 0) is 37.4 Å². The molecule has 3 N–H and O–H groups in total. The summed E-state index contributed by atoms with van der Waals surface area (Å²) in [5.74, 6) is 0.658. The molecule has 0 amide bonds. The third-order valence-corrected chi connectivity index (χ3v) is 4.90. The Morgan fingerprint density at radius 1 is 1.29 bits per heavy atom. The number of sulfonamides is 1. The van der Waals surface area contributed by atoms with Crippen molar-refractivity contribution in [1.29, 1.82) is 0 Å². The lowest BCUT2D eigenvalue weighted by atomic mass is 9.96. The number of hydrogen-bond donors (Lipinski definition) is 2. The third kappa shape index (κ3) is 4.43. The molecule has 1 aromatic rings. The van der Waals surface area contributed by atoms with Crippen LogP contribution in [0.1, 0.15) is 26.7 Å². The number of piperidine rings is 1. The standard InChI is InChI=1S/C15H25N3O2S/c1-12(2)17-11-13-7-9-18(10-8-13)14-5-3-4-6-15(14)21(16,19)20/h3-6,12-13,17H,7-11H2,1-2H3,(H2,16,19,20). The van der Waals surface area contributed by atoms with Crippen molar-refractivity contribution in [3.8, 4) is 0 Å². The number of hydrogen-bond acceptors (Lipinski definition) is 4. The summed E-state index contributed by atoms with van der Waals surface area (Å²) in [4.78, 5) is 2.36. The van der Waals surface area contributed by atoms with Gasteiger partial charge >= 0.3 is 0 Å². The minimum atomic E-state index is -3.67. The van der Waals surface area contributed by atoms with Gasteiger partial charge in [-0.3, -0.25) is 0 Å². The fourth-order valence-electron chi connectivity index (χ4n) is 2.74. The first-order valence-electron chi connectivity index (χ1n) is 7.48. The molecule has 0 radical (unpaired) electrons. The second-order valence-electron chi connectivity index (χ2n) is 6.01. The molecule has 1 heterocycles. The van der Waals surface area contributed by atoms with Crippen LogP contribution in [0.5, 0.6) is 0 Å². The van der Waals surface area contributed by atoms with Crippen molar-refractivity contribution in [1.82, 2.24) is 5.32 Å². The zero-order chi connectivity index (χ0) is 15.5. The van der Waals surface area contributed by atoms with E-state index in [0.717, 1.165) is 38.2 Å². The molecule has 0 atom stereocenters. The molecular formula is C15H25N3O2S. The van der Waals surface area contributed by atoms with E-state index in [1.165, 1.54) is 0 Å². The van der Waals surface area contributed by atoms with E-state index in [2.05, 4.69) is 24.1 Å². The lowest BCUT2D eigenvalue weighted by Crippen LogP contribution is -2.39. The van der Waals surface area contributed by atoms with E-state index < -0.39 is 10.0 Å². The predicted molar refractivity (Wildman–Crippen MR) is 85.9 cm³/mol. The molecule has 2 rings (SSSR count). The second-order valence-corrected chi connectivity index (χ2v) is 7.54. The Labute approximate surface area is 127 Å². The number of nitrogens with one attached hydrogen (secondary N) is 1. The molecule has 0 aromatic heterocycles. The maximum atomic E-state index is 11.7. The van der Waals surface area contributed by atoms with Crippen molar-refractivity contribution in [2.45, 2.75) is 37.6 Å². The molecule has 6 heteroatoms. The highest BCUT2D eigenvalue weighted by Gasteiger charge is 2.23. The summed E-state index contributed by atoms with van der Waals surface area (Å²) in [5, 5.41) is 8.78. The lowest BCUT2D eigenvalue weighted by molar-refractivity contribution is 0.370. The van der Waals surface area contributed by atoms with E-state index in [9.17, 15) is 8.42 Å². The summed E-state index contributed by atoms with van der Waals surface area (Å²) >= 11 is 0. The smallest absolute Gasteiger partial charge is 0.240 e. The van der Waals surface area contributed by atoms with Gasteiger partial charge in [-0.2, -0.15) is 0 Å². The first-order valence-corrected chi connectivity index (χ1v) is 9.02. The summed E-state index contributed by atoms with van der Waals surface area (Å²) in [6.07, 6.45) is 2.14. The highest BCUT2D eigenvalue weighted by molar-refractivity contribution is 7.89. The Hall–Kier alpha value is -1.11.